The average Bonchev–Trinajstić information content (AvgIpc) is 2.64. The van der Waals surface area contributed by atoms with Gasteiger partial charge in [-0.3, -0.25) is 0 Å². The van der Waals surface area contributed by atoms with Crippen LogP contribution in [0.25, 0.3) is 4.85 Å². The van der Waals surface area contributed by atoms with Crippen molar-refractivity contribution in [3.63, 3.8) is 0 Å². The van der Waals surface area contributed by atoms with Crippen LogP contribution in [-0.4, -0.2) is 24.5 Å². The molecule has 4 atom stereocenters. The molecule has 2 rings (SSSR count). The first-order chi connectivity index (χ1) is 6.63. The van der Waals surface area contributed by atoms with Crippen LogP contribution in [0, 0.1) is 18.4 Å². The van der Waals surface area contributed by atoms with Crippen LogP contribution in [0.2, 0.25) is 0 Å². The lowest BCUT2D eigenvalue weighted by Gasteiger charge is -2.26. The number of nitrogens with zero attached hydrogens (tertiary/aromatic N) is 1. The molecule has 3 heteroatoms. The van der Waals surface area contributed by atoms with Gasteiger partial charge in [-0.05, 0) is 17.8 Å². The van der Waals surface area contributed by atoms with E-state index in [1.807, 2.05) is 6.92 Å². The van der Waals surface area contributed by atoms with Gasteiger partial charge < -0.3 is 9.47 Å². The summed E-state index contributed by atoms with van der Waals surface area (Å²) in [6, 6.07) is 0. The summed E-state index contributed by atoms with van der Waals surface area (Å²) >= 11 is 0. The number of hydrogen-bond donors (Lipinski definition) is 0. The molecule has 0 amide bonds. The first-order valence-corrected chi connectivity index (χ1v) is 4.96. The summed E-state index contributed by atoms with van der Waals surface area (Å²) in [5, 5.41) is 0. The standard InChI is InChI=1S/C11H16NO2/c1-5-10-8(2)6-14-11(10,12-4)9(3)7-13-10/h4-5,8-9H,1,6-7H2,2-3H3/q+1/t8-,9-,10+,11+/m0/s1. The molecule has 14 heavy (non-hydrogen) atoms. The van der Waals surface area contributed by atoms with E-state index in [0.717, 1.165) is 0 Å². The Morgan fingerprint density at radius 1 is 1.36 bits per heavy atom. The van der Waals surface area contributed by atoms with Crippen LogP contribution >= 0.6 is 0 Å². The molecule has 2 heterocycles. The van der Waals surface area contributed by atoms with Crippen molar-refractivity contribution >= 4 is 0 Å². The van der Waals surface area contributed by atoms with Gasteiger partial charge >= 0.3 is 5.72 Å². The number of hydrogen-bond acceptors (Lipinski definition) is 2. The van der Waals surface area contributed by atoms with Crippen molar-refractivity contribution in [2.24, 2.45) is 11.8 Å². The first-order valence-electron chi connectivity index (χ1n) is 4.96. The predicted molar refractivity (Wildman–Crippen MR) is 54.2 cm³/mol. The lowest BCUT2D eigenvalue weighted by atomic mass is 9.79. The van der Waals surface area contributed by atoms with Crippen LogP contribution in [0.15, 0.2) is 12.7 Å². The van der Waals surface area contributed by atoms with Gasteiger partial charge in [-0.1, -0.05) is 13.5 Å². The van der Waals surface area contributed by atoms with Gasteiger partial charge in [0.15, 0.2) is 0 Å². The molecule has 0 bridgehead atoms. The van der Waals surface area contributed by atoms with E-state index in [1.165, 1.54) is 0 Å². The van der Waals surface area contributed by atoms with E-state index in [2.05, 4.69) is 18.3 Å². The summed E-state index contributed by atoms with van der Waals surface area (Å²) in [5.41, 5.74) is -1.24. The molecule has 0 N–H and O–H groups in total. The normalized spacial score (nSPS) is 51.2. The van der Waals surface area contributed by atoms with Gasteiger partial charge in [0.05, 0.1) is 19.1 Å². The van der Waals surface area contributed by atoms with Crippen molar-refractivity contribution in [2.75, 3.05) is 13.2 Å². The molecular formula is C11H16NO2+. The van der Waals surface area contributed by atoms with Crippen molar-refractivity contribution in [2.45, 2.75) is 25.2 Å². The maximum atomic E-state index is 5.82. The third kappa shape index (κ3) is 0.789. The van der Waals surface area contributed by atoms with Crippen LogP contribution in [-0.2, 0) is 9.47 Å². The zero-order valence-corrected chi connectivity index (χ0v) is 8.69. The summed E-state index contributed by atoms with van der Waals surface area (Å²) in [4.78, 5) is 3.94. The summed E-state index contributed by atoms with van der Waals surface area (Å²) < 4.78 is 11.6. The van der Waals surface area contributed by atoms with Crippen LogP contribution in [0.5, 0.6) is 0 Å². The average molecular weight is 194 g/mol. The van der Waals surface area contributed by atoms with E-state index in [4.69, 9.17) is 16.0 Å². The zero-order chi connectivity index (χ0) is 10.4. The fourth-order valence-electron chi connectivity index (χ4n) is 2.66. The third-order valence-electron chi connectivity index (χ3n) is 3.58. The van der Waals surface area contributed by atoms with Crippen molar-refractivity contribution in [3.8, 4) is 6.57 Å². The lowest BCUT2D eigenvalue weighted by molar-refractivity contribution is -0.0441. The van der Waals surface area contributed by atoms with Gasteiger partial charge in [0, 0.05) is 5.92 Å². The highest BCUT2D eigenvalue weighted by atomic mass is 16.6. The zero-order valence-electron chi connectivity index (χ0n) is 8.69. The van der Waals surface area contributed by atoms with E-state index in [9.17, 15) is 0 Å². The molecule has 0 spiro atoms. The molecule has 2 fully saturated rings. The molecule has 0 aromatic rings. The van der Waals surface area contributed by atoms with E-state index in [-0.39, 0.29) is 11.8 Å². The molecular weight excluding hydrogens is 178 g/mol. The van der Waals surface area contributed by atoms with Crippen molar-refractivity contribution in [1.29, 1.82) is 0 Å². The van der Waals surface area contributed by atoms with E-state index >= 15 is 0 Å². The van der Waals surface area contributed by atoms with Gasteiger partial charge in [0.2, 0.25) is 5.60 Å². The largest absolute Gasteiger partial charge is 0.422 e. The van der Waals surface area contributed by atoms with Crippen LogP contribution in [0.1, 0.15) is 13.8 Å². The van der Waals surface area contributed by atoms with E-state index in [1.54, 1.807) is 6.08 Å². The predicted octanol–water partition coefficient (Wildman–Crippen LogP) is 1.90. The molecule has 0 saturated carbocycles. The quantitative estimate of drug-likeness (QED) is 0.595. The lowest BCUT2D eigenvalue weighted by Crippen LogP contribution is -2.49. The van der Waals surface area contributed by atoms with Gasteiger partial charge in [-0.2, -0.15) is 0 Å². The summed E-state index contributed by atoms with van der Waals surface area (Å²) in [6.07, 6.45) is 1.80. The SMILES string of the molecule is C#[N+][C@]12OC[C@H](C)[C@@]1(C=C)OC[C@@H]2C. The Bertz CT molecular complexity index is 309. The molecule has 2 saturated heterocycles. The topological polar surface area (TPSA) is 22.8 Å². The number of fused-ring (bicyclic) bond motifs is 1. The molecule has 2 aliphatic rings. The molecule has 2 aliphatic heterocycles. The van der Waals surface area contributed by atoms with Gasteiger partial charge in [0.25, 0.3) is 6.57 Å². The summed E-state index contributed by atoms with van der Waals surface area (Å²) in [6.45, 7) is 14.7. The smallest absolute Gasteiger partial charge is 0.359 e. The minimum Gasteiger partial charge on any atom is -0.359 e. The minimum absolute atomic E-state index is 0.176. The Labute approximate surface area is 84.5 Å². The van der Waals surface area contributed by atoms with Gasteiger partial charge in [-0.15, -0.1) is 0 Å². The first kappa shape index (κ1) is 9.70. The monoisotopic (exact) mass is 194 g/mol. The van der Waals surface area contributed by atoms with Crippen molar-refractivity contribution in [3.05, 3.63) is 17.5 Å². The van der Waals surface area contributed by atoms with Crippen LogP contribution in [0.4, 0.5) is 0 Å². The second-order valence-electron chi connectivity index (χ2n) is 4.25. The highest BCUT2D eigenvalue weighted by Gasteiger charge is 2.75. The molecule has 76 valence electrons. The van der Waals surface area contributed by atoms with Crippen LogP contribution in [0.3, 0.4) is 0 Å². The second kappa shape index (κ2) is 2.82. The number of ether oxygens (including phenoxy) is 2. The fraction of sp³-hybridized carbons (Fsp3) is 0.727. The summed E-state index contributed by atoms with van der Waals surface area (Å²) in [5.74, 6) is 0.424. The van der Waals surface area contributed by atoms with E-state index < -0.39 is 11.3 Å². The molecule has 0 unspecified atom stereocenters. The fourth-order valence-corrected chi connectivity index (χ4v) is 2.66. The van der Waals surface area contributed by atoms with Crippen molar-refractivity contribution in [1.82, 2.24) is 0 Å². The molecule has 3 nitrogen and oxygen atoms in total. The second-order valence-corrected chi connectivity index (χ2v) is 4.25. The summed E-state index contributed by atoms with van der Waals surface area (Å²) in [7, 11) is 0. The minimum atomic E-state index is -0.714. The van der Waals surface area contributed by atoms with Gasteiger partial charge in [-0.25, -0.2) is 0 Å². The Kier molecular flexibility index (Phi) is 1.95. The maximum Gasteiger partial charge on any atom is 0.422 e. The highest BCUT2D eigenvalue weighted by molar-refractivity contribution is 5.26. The number of rotatable bonds is 1. The third-order valence-corrected chi connectivity index (χ3v) is 3.58. The highest BCUT2D eigenvalue weighted by Crippen LogP contribution is 2.53. The molecule has 0 radical (unpaired) electrons. The Morgan fingerprint density at radius 3 is 2.50 bits per heavy atom. The van der Waals surface area contributed by atoms with E-state index in [0.29, 0.717) is 13.2 Å². The molecule has 0 aromatic carbocycles. The van der Waals surface area contributed by atoms with Crippen molar-refractivity contribution < 1.29 is 9.47 Å². The van der Waals surface area contributed by atoms with Gasteiger partial charge in [0.1, 0.15) is 0 Å². The molecule has 0 aliphatic carbocycles. The Balaban J connectivity index is 2.53. The Hall–Kier alpha value is -0.850. The molecule has 0 aromatic heterocycles. The maximum absolute atomic E-state index is 5.82. The van der Waals surface area contributed by atoms with Crippen LogP contribution < -0.4 is 0 Å². The Morgan fingerprint density at radius 2 is 2.00 bits per heavy atom.